The average molecular weight is 982 g/mol. The first-order valence-corrected chi connectivity index (χ1v) is 22.7. The van der Waals surface area contributed by atoms with Crippen molar-refractivity contribution in [3.8, 4) is 5.75 Å². The third-order valence-electron chi connectivity index (χ3n) is 11.0. The van der Waals surface area contributed by atoms with Crippen LogP contribution in [0.1, 0.15) is 104 Å². The van der Waals surface area contributed by atoms with Crippen molar-refractivity contribution in [3.63, 3.8) is 0 Å². The summed E-state index contributed by atoms with van der Waals surface area (Å²) < 4.78 is 11.8. The number of ketones is 3. The van der Waals surface area contributed by atoms with Crippen LogP contribution in [0.5, 0.6) is 5.75 Å². The fraction of sp³-hybridized carbons (Fsp3) is 0.179. The zero-order chi connectivity index (χ0) is 45.7. The van der Waals surface area contributed by atoms with E-state index in [1.165, 1.54) is 33.6 Å². The van der Waals surface area contributed by atoms with Crippen LogP contribution in [0, 0.1) is 20.8 Å². The lowest BCUT2D eigenvalue weighted by molar-refractivity contribution is 0.103. The second kappa shape index (κ2) is 22.2. The van der Waals surface area contributed by atoms with Crippen molar-refractivity contribution in [2.24, 2.45) is 0 Å². The van der Waals surface area contributed by atoms with Gasteiger partial charge in [0.05, 0.1) is 18.4 Å². The number of fused-ring (bicyclic) bond motifs is 3. The van der Waals surface area contributed by atoms with Crippen molar-refractivity contribution < 1.29 is 23.5 Å². The Labute approximate surface area is 405 Å². The van der Waals surface area contributed by atoms with Gasteiger partial charge in [0.15, 0.2) is 11.6 Å². The molecule has 66 heavy (non-hydrogen) atoms. The zero-order valence-electron chi connectivity index (χ0n) is 36.3. The van der Waals surface area contributed by atoms with Crippen molar-refractivity contribution in [2.45, 2.75) is 62.3 Å². The van der Waals surface area contributed by atoms with Crippen LogP contribution in [-0.4, -0.2) is 29.4 Å². The second-order valence-corrected chi connectivity index (χ2v) is 17.8. The largest absolute Gasteiger partial charge is 0.497 e. The standard InChI is InChI=1S/C20H18O2.C18H15BrO2.C16H13ClN2OS.2CH4/c1-14-13-16-5-3-4-6-19(16)18(14)11-12-20(21)15-7-9-17(22-2)10-8-15;1-3-12-4-9-16-15(10-12)17(11(2)21-16)18(20)13-5-7-14(19)8-6-13;1-8-7-9(2)19-16-12(8)13(18)15(21-16)14(20)10-3-5-11(17)6-4-10;;/h3-12H,13H2,1-2H3;4-10H,3H2,1-2H3;3-7H,18H2,1-2H3;2*1H4/b12-11+;;;;. The maximum absolute atomic E-state index is 12.8. The van der Waals surface area contributed by atoms with Crippen molar-refractivity contribution in [1.29, 1.82) is 0 Å². The molecule has 0 atom stereocenters. The van der Waals surface area contributed by atoms with E-state index in [4.69, 9.17) is 26.5 Å². The van der Waals surface area contributed by atoms with E-state index < -0.39 is 0 Å². The molecule has 0 fully saturated rings. The molecule has 0 aliphatic heterocycles. The number of benzene rings is 5. The highest BCUT2D eigenvalue weighted by molar-refractivity contribution is 9.10. The minimum absolute atomic E-state index is 0. The third kappa shape index (κ3) is 11.2. The van der Waals surface area contributed by atoms with Gasteiger partial charge in [-0.2, -0.15) is 0 Å². The number of carbonyl (C=O) groups excluding carboxylic acids is 3. The molecule has 10 heteroatoms. The molecule has 0 saturated carbocycles. The van der Waals surface area contributed by atoms with E-state index in [9.17, 15) is 14.4 Å². The number of allylic oxidation sites excluding steroid dienone is 4. The lowest BCUT2D eigenvalue weighted by Crippen LogP contribution is -2.02. The number of pyridine rings is 1. The number of carbonyl (C=O) groups is 3. The highest BCUT2D eigenvalue weighted by Crippen LogP contribution is 2.37. The molecule has 1 aliphatic carbocycles. The molecule has 3 heterocycles. The highest BCUT2D eigenvalue weighted by Gasteiger charge is 2.22. The number of furan rings is 1. The fourth-order valence-electron chi connectivity index (χ4n) is 7.68. The number of aromatic nitrogens is 1. The summed E-state index contributed by atoms with van der Waals surface area (Å²) in [5.74, 6) is 1.35. The Hall–Kier alpha value is -6.39. The Morgan fingerprint density at radius 1 is 0.833 bits per heavy atom. The number of rotatable bonds is 9. The van der Waals surface area contributed by atoms with E-state index in [0.29, 0.717) is 43.6 Å². The molecule has 0 amide bonds. The van der Waals surface area contributed by atoms with Gasteiger partial charge >= 0.3 is 0 Å². The van der Waals surface area contributed by atoms with Gasteiger partial charge in [-0.15, -0.1) is 11.3 Å². The predicted molar refractivity (Wildman–Crippen MR) is 279 cm³/mol. The molecule has 338 valence electrons. The van der Waals surface area contributed by atoms with E-state index in [1.807, 2.05) is 75.4 Å². The number of methoxy groups -OCH3 is 1. The summed E-state index contributed by atoms with van der Waals surface area (Å²) >= 11 is 10.6. The first-order valence-electron chi connectivity index (χ1n) is 20.7. The molecule has 3 aromatic heterocycles. The number of thiophene rings is 1. The molecule has 0 saturated heterocycles. The topological polar surface area (TPSA) is 112 Å². The SMILES string of the molecule is C.C.CCc1ccc2oc(C)c(C(=O)c3ccc(Br)cc3)c2c1.COc1ccc(C(=O)/C=C/C2=C(C)Cc3ccccc32)cc1.Cc1cc(C)c2c(N)c(C(=O)c3ccc(Cl)cc3)sc2n1. The molecule has 2 N–H and O–H groups in total. The number of anilines is 1. The molecule has 0 spiro atoms. The Balaban J connectivity index is 0.000000183. The maximum Gasteiger partial charge on any atom is 0.205 e. The van der Waals surface area contributed by atoms with E-state index >= 15 is 0 Å². The van der Waals surface area contributed by atoms with E-state index in [1.54, 1.807) is 61.7 Å². The van der Waals surface area contributed by atoms with E-state index in [-0.39, 0.29) is 32.2 Å². The van der Waals surface area contributed by atoms with Crippen LogP contribution in [-0.2, 0) is 12.8 Å². The van der Waals surface area contributed by atoms with Crippen LogP contribution >= 0.6 is 38.9 Å². The summed E-state index contributed by atoms with van der Waals surface area (Å²) in [6.45, 7) is 9.99. The Kier molecular flexibility index (Phi) is 17.0. The van der Waals surface area contributed by atoms with Crippen LogP contribution in [0.3, 0.4) is 0 Å². The minimum Gasteiger partial charge on any atom is -0.497 e. The molecule has 7 nitrogen and oxygen atoms in total. The minimum atomic E-state index is -0.0933. The molecule has 0 unspecified atom stereocenters. The quantitative estimate of drug-likeness (QED) is 0.113. The van der Waals surface area contributed by atoms with Gasteiger partial charge in [0.2, 0.25) is 5.78 Å². The number of nitrogens with zero attached hydrogens (tertiary/aromatic N) is 1. The van der Waals surface area contributed by atoms with Gasteiger partial charge < -0.3 is 14.9 Å². The first kappa shape index (κ1) is 50.6. The van der Waals surface area contributed by atoms with Crippen LogP contribution in [0.4, 0.5) is 5.69 Å². The van der Waals surface area contributed by atoms with Gasteiger partial charge in [0.1, 0.15) is 26.8 Å². The third-order valence-corrected chi connectivity index (χ3v) is 12.9. The molecule has 1 aliphatic rings. The number of nitrogen functional groups attached to an aromatic ring is 1. The lowest BCUT2D eigenvalue weighted by Gasteiger charge is -2.02. The summed E-state index contributed by atoms with van der Waals surface area (Å²) in [6, 6.07) is 37.8. The van der Waals surface area contributed by atoms with Crippen molar-refractivity contribution in [1.82, 2.24) is 4.98 Å². The molecular formula is C56H54BrClN2O5S. The molecule has 8 aromatic rings. The Morgan fingerprint density at radius 3 is 2.14 bits per heavy atom. The number of halogens is 2. The van der Waals surface area contributed by atoms with Gasteiger partial charge in [-0.25, -0.2) is 4.98 Å². The second-order valence-electron chi connectivity index (χ2n) is 15.4. The number of hydrogen-bond donors (Lipinski definition) is 1. The average Bonchev–Trinajstić information content (AvgIpc) is 3.93. The molecule has 9 rings (SSSR count). The van der Waals surface area contributed by atoms with Crippen molar-refractivity contribution in [2.75, 3.05) is 12.8 Å². The van der Waals surface area contributed by atoms with Crippen LogP contribution < -0.4 is 10.5 Å². The monoisotopic (exact) mass is 980 g/mol. The Morgan fingerprint density at radius 2 is 1.47 bits per heavy atom. The van der Waals surface area contributed by atoms with Gasteiger partial charge in [0, 0.05) is 42.7 Å². The zero-order valence-corrected chi connectivity index (χ0v) is 39.5. The predicted octanol–water partition coefficient (Wildman–Crippen LogP) is 15.4. The van der Waals surface area contributed by atoms with E-state index in [2.05, 4.69) is 59.0 Å². The molecular weight excluding hydrogens is 928 g/mol. The summed E-state index contributed by atoms with van der Waals surface area (Å²) in [4.78, 5) is 43.5. The number of hydrogen-bond acceptors (Lipinski definition) is 8. The Bertz CT molecular complexity index is 3110. The summed E-state index contributed by atoms with van der Waals surface area (Å²) in [5, 5.41) is 2.38. The van der Waals surface area contributed by atoms with Gasteiger partial charge in [0.25, 0.3) is 0 Å². The first-order chi connectivity index (χ1) is 30.8. The summed E-state index contributed by atoms with van der Waals surface area (Å²) in [7, 11) is 1.61. The smallest absolute Gasteiger partial charge is 0.205 e. The number of aryl methyl sites for hydroxylation is 4. The van der Waals surface area contributed by atoms with E-state index in [0.717, 1.165) is 61.1 Å². The number of ether oxygens (including phenoxy) is 1. The summed E-state index contributed by atoms with van der Waals surface area (Å²) in [5.41, 5.74) is 18.3. The fourth-order valence-corrected chi connectivity index (χ4v) is 9.24. The van der Waals surface area contributed by atoms with Crippen LogP contribution in [0.25, 0.3) is 26.8 Å². The molecule has 0 radical (unpaired) electrons. The van der Waals surface area contributed by atoms with Gasteiger partial charge in [-0.05, 0) is 165 Å². The summed E-state index contributed by atoms with van der Waals surface area (Å²) in [6.07, 6.45) is 5.50. The van der Waals surface area contributed by atoms with Crippen LogP contribution in [0.2, 0.25) is 5.02 Å². The van der Waals surface area contributed by atoms with Crippen molar-refractivity contribution in [3.05, 3.63) is 209 Å². The van der Waals surface area contributed by atoms with Crippen molar-refractivity contribution >= 4 is 88.7 Å². The maximum atomic E-state index is 12.8. The molecule has 5 aromatic carbocycles. The van der Waals surface area contributed by atoms with Gasteiger partial charge in [-0.1, -0.05) is 91.3 Å². The highest BCUT2D eigenvalue weighted by atomic mass is 79.9. The normalized spacial score (nSPS) is 11.5. The number of nitrogens with two attached hydrogens (primary N) is 1. The molecule has 0 bridgehead atoms. The lowest BCUT2D eigenvalue weighted by atomic mass is 9.99. The van der Waals surface area contributed by atoms with Crippen LogP contribution in [0.15, 0.2) is 148 Å². The van der Waals surface area contributed by atoms with Gasteiger partial charge in [-0.3, -0.25) is 14.4 Å².